The van der Waals surface area contributed by atoms with Crippen LogP contribution in [0.4, 0.5) is 8.78 Å². The van der Waals surface area contributed by atoms with Crippen LogP contribution in [0.2, 0.25) is 0 Å². The molecular formula is C9H17F2N. The van der Waals surface area contributed by atoms with Gasteiger partial charge in [-0.15, -0.1) is 0 Å². The van der Waals surface area contributed by atoms with Crippen LogP contribution in [0.1, 0.15) is 33.6 Å². The summed E-state index contributed by atoms with van der Waals surface area (Å²) in [6.45, 7) is 5.80. The average Bonchev–Trinajstić information content (AvgIpc) is 2.30. The summed E-state index contributed by atoms with van der Waals surface area (Å²) in [5.41, 5.74) is 0. The normalized spacial score (nSPS) is 27.0. The highest BCUT2D eigenvalue weighted by atomic mass is 19.3. The van der Waals surface area contributed by atoms with Gasteiger partial charge in [-0.05, 0) is 33.2 Å². The maximum Gasteiger partial charge on any atom is 0.260 e. The molecule has 1 heterocycles. The monoisotopic (exact) mass is 177 g/mol. The van der Waals surface area contributed by atoms with Gasteiger partial charge >= 0.3 is 0 Å². The number of nitrogens with zero attached hydrogens (tertiary/aromatic N) is 1. The zero-order valence-electron chi connectivity index (χ0n) is 7.98. The van der Waals surface area contributed by atoms with Crippen LogP contribution in [0.15, 0.2) is 0 Å². The summed E-state index contributed by atoms with van der Waals surface area (Å²) >= 11 is 0. The van der Waals surface area contributed by atoms with Crippen molar-refractivity contribution in [2.45, 2.75) is 51.6 Å². The Bertz CT molecular complexity index is 151. The van der Waals surface area contributed by atoms with Gasteiger partial charge in [0.1, 0.15) is 0 Å². The van der Waals surface area contributed by atoms with Crippen molar-refractivity contribution in [1.82, 2.24) is 4.90 Å². The Morgan fingerprint density at radius 1 is 1.42 bits per heavy atom. The van der Waals surface area contributed by atoms with Crippen molar-refractivity contribution in [2.24, 2.45) is 0 Å². The second-order valence-electron chi connectivity index (χ2n) is 3.95. The molecule has 72 valence electrons. The first kappa shape index (κ1) is 9.90. The maximum atomic E-state index is 13.0. The fraction of sp³-hybridized carbons (Fsp3) is 1.00. The molecule has 0 radical (unpaired) electrons. The van der Waals surface area contributed by atoms with Crippen LogP contribution in [-0.2, 0) is 0 Å². The number of rotatable bonds is 2. The Morgan fingerprint density at radius 3 is 2.33 bits per heavy atom. The van der Waals surface area contributed by atoms with E-state index in [2.05, 4.69) is 0 Å². The number of hydrogen-bond donors (Lipinski definition) is 0. The zero-order valence-corrected chi connectivity index (χ0v) is 7.98. The van der Waals surface area contributed by atoms with Crippen molar-refractivity contribution in [3.8, 4) is 0 Å². The van der Waals surface area contributed by atoms with Crippen molar-refractivity contribution < 1.29 is 8.78 Å². The molecule has 1 aliphatic heterocycles. The summed E-state index contributed by atoms with van der Waals surface area (Å²) in [4.78, 5) is 1.90. The lowest BCUT2D eigenvalue weighted by atomic mass is 10.1. The van der Waals surface area contributed by atoms with Gasteiger partial charge in [-0.2, -0.15) is 0 Å². The molecule has 1 fully saturated rings. The summed E-state index contributed by atoms with van der Waals surface area (Å²) in [6, 6.07) is -0.291. The molecule has 0 bridgehead atoms. The molecule has 0 spiro atoms. The lowest BCUT2D eigenvalue weighted by molar-refractivity contribution is -0.0597. The van der Waals surface area contributed by atoms with E-state index in [4.69, 9.17) is 0 Å². The van der Waals surface area contributed by atoms with Crippen LogP contribution < -0.4 is 0 Å². The van der Waals surface area contributed by atoms with E-state index in [-0.39, 0.29) is 6.04 Å². The predicted molar refractivity (Wildman–Crippen MR) is 45.5 cm³/mol. The average molecular weight is 177 g/mol. The van der Waals surface area contributed by atoms with Gasteiger partial charge in [-0.1, -0.05) is 0 Å². The largest absolute Gasteiger partial charge is 0.292 e. The molecule has 1 nitrogen and oxygen atoms in total. The molecule has 0 aromatic heterocycles. The number of alkyl halides is 2. The van der Waals surface area contributed by atoms with Crippen molar-refractivity contribution in [3.63, 3.8) is 0 Å². The van der Waals surface area contributed by atoms with Crippen molar-refractivity contribution in [2.75, 3.05) is 6.54 Å². The SMILES string of the molecule is CC(C)N1CCC[C@H]1C(C)(F)F. The van der Waals surface area contributed by atoms with E-state index in [9.17, 15) is 8.78 Å². The summed E-state index contributed by atoms with van der Waals surface area (Å²) < 4.78 is 26.0. The molecule has 3 heteroatoms. The highest BCUT2D eigenvalue weighted by Crippen LogP contribution is 2.32. The minimum atomic E-state index is -2.54. The van der Waals surface area contributed by atoms with Gasteiger partial charge < -0.3 is 0 Å². The zero-order chi connectivity index (χ0) is 9.35. The van der Waals surface area contributed by atoms with Crippen LogP contribution in [0.25, 0.3) is 0 Å². The third-order valence-electron chi connectivity index (χ3n) is 2.54. The third kappa shape index (κ3) is 1.94. The van der Waals surface area contributed by atoms with Gasteiger partial charge in [0.25, 0.3) is 5.92 Å². The number of likely N-dealkylation sites (tertiary alicyclic amines) is 1. The molecule has 0 saturated carbocycles. The molecule has 0 aromatic carbocycles. The van der Waals surface area contributed by atoms with Crippen LogP contribution >= 0.6 is 0 Å². The highest BCUT2D eigenvalue weighted by molar-refractivity contribution is 4.89. The molecule has 0 aromatic rings. The fourth-order valence-corrected chi connectivity index (χ4v) is 1.95. The van der Waals surface area contributed by atoms with Crippen molar-refractivity contribution in [1.29, 1.82) is 0 Å². The Balaban J connectivity index is 2.64. The first-order valence-corrected chi connectivity index (χ1v) is 4.56. The lowest BCUT2D eigenvalue weighted by Gasteiger charge is -2.31. The minimum absolute atomic E-state index is 0.239. The first-order valence-electron chi connectivity index (χ1n) is 4.56. The minimum Gasteiger partial charge on any atom is -0.292 e. The van der Waals surface area contributed by atoms with Gasteiger partial charge in [-0.25, -0.2) is 8.78 Å². The van der Waals surface area contributed by atoms with Crippen LogP contribution in [0, 0.1) is 0 Å². The number of hydrogen-bond acceptors (Lipinski definition) is 1. The molecular weight excluding hydrogens is 160 g/mol. The van der Waals surface area contributed by atoms with Crippen LogP contribution in [0.3, 0.4) is 0 Å². The van der Waals surface area contributed by atoms with Crippen LogP contribution in [0.5, 0.6) is 0 Å². The Labute approximate surface area is 72.7 Å². The van der Waals surface area contributed by atoms with E-state index in [1.807, 2.05) is 18.7 Å². The highest BCUT2D eigenvalue weighted by Gasteiger charge is 2.41. The molecule has 0 unspecified atom stereocenters. The molecule has 1 atom stereocenters. The van der Waals surface area contributed by atoms with E-state index in [0.717, 1.165) is 19.9 Å². The summed E-state index contributed by atoms with van der Waals surface area (Å²) in [5, 5.41) is 0. The standard InChI is InChI=1S/C9H17F2N/c1-7(2)12-6-4-5-8(12)9(3,10)11/h7-8H,4-6H2,1-3H3/t8-/m0/s1. The first-order chi connectivity index (χ1) is 5.43. The summed E-state index contributed by atoms with van der Waals surface area (Å²) in [7, 11) is 0. The maximum absolute atomic E-state index is 13.0. The Kier molecular flexibility index (Phi) is 2.71. The molecule has 1 aliphatic rings. The number of halogens is 2. The van der Waals surface area contributed by atoms with Gasteiger partial charge in [-0.3, -0.25) is 4.90 Å². The van der Waals surface area contributed by atoms with Crippen molar-refractivity contribution in [3.05, 3.63) is 0 Å². The molecule has 0 aliphatic carbocycles. The second-order valence-corrected chi connectivity index (χ2v) is 3.95. The van der Waals surface area contributed by atoms with E-state index in [0.29, 0.717) is 6.42 Å². The molecule has 1 rings (SSSR count). The summed E-state index contributed by atoms with van der Waals surface area (Å²) in [6.07, 6.45) is 1.55. The molecule has 0 N–H and O–H groups in total. The Hall–Kier alpha value is -0.180. The van der Waals surface area contributed by atoms with Crippen LogP contribution in [-0.4, -0.2) is 29.5 Å². The quantitative estimate of drug-likeness (QED) is 0.626. The van der Waals surface area contributed by atoms with E-state index in [1.54, 1.807) is 0 Å². The molecule has 0 amide bonds. The van der Waals surface area contributed by atoms with E-state index in [1.165, 1.54) is 0 Å². The topological polar surface area (TPSA) is 3.24 Å². The van der Waals surface area contributed by atoms with Gasteiger partial charge in [0, 0.05) is 13.0 Å². The van der Waals surface area contributed by atoms with Gasteiger partial charge in [0.2, 0.25) is 0 Å². The summed E-state index contributed by atoms with van der Waals surface area (Å²) in [5.74, 6) is -2.54. The lowest BCUT2D eigenvalue weighted by Crippen LogP contribution is -2.45. The third-order valence-corrected chi connectivity index (χ3v) is 2.54. The van der Waals surface area contributed by atoms with E-state index >= 15 is 0 Å². The second kappa shape index (κ2) is 3.29. The molecule has 1 saturated heterocycles. The van der Waals surface area contributed by atoms with E-state index < -0.39 is 12.0 Å². The molecule has 12 heavy (non-hydrogen) atoms. The Morgan fingerprint density at radius 2 is 2.00 bits per heavy atom. The predicted octanol–water partition coefficient (Wildman–Crippen LogP) is 2.51. The van der Waals surface area contributed by atoms with Gasteiger partial charge in [0.05, 0.1) is 6.04 Å². The fourth-order valence-electron chi connectivity index (χ4n) is 1.95. The van der Waals surface area contributed by atoms with Crippen molar-refractivity contribution >= 4 is 0 Å². The smallest absolute Gasteiger partial charge is 0.260 e. The van der Waals surface area contributed by atoms with Gasteiger partial charge in [0.15, 0.2) is 0 Å².